The lowest BCUT2D eigenvalue weighted by atomic mass is 10.0. The van der Waals surface area contributed by atoms with Gasteiger partial charge in [0.15, 0.2) is 0 Å². The standard InChI is InChI=1S/C11H19NO/c1-12-11(9-13-2)8-10-6-4-3-5-7-10/h4,6-7,11-12H,3,5,8-9H2,1-2H3/t11-/m0/s1. The molecule has 1 aliphatic rings. The number of hydrogen-bond donors (Lipinski definition) is 1. The highest BCUT2D eigenvalue weighted by atomic mass is 16.5. The summed E-state index contributed by atoms with van der Waals surface area (Å²) >= 11 is 0. The van der Waals surface area contributed by atoms with Crippen LogP contribution in [-0.4, -0.2) is 26.8 Å². The van der Waals surface area contributed by atoms with E-state index in [0.717, 1.165) is 13.0 Å². The Morgan fingerprint density at radius 3 is 2.92 bits per heavy atom. The minimum atomic E-state index is 0.444. The number of methoxy groups -OCH3 is 1. The Morgan fingerprint density at radius 1 is 1.54 bits per heavy atom. The van der Waals surface area contributed by atoms with Crippen LogP contribution in [0, 0.1) is 0 Å². The highest BCUT2D eigenvalue weighted by molar-refractivity contribution is 5.22. The van der Waals surface area contributed by atoms with E-state index in [4.69, 9.17) is 4.74 Å². The molecule has 0 aromatic heterocycles. The molecular weight excluding hydrogens is 162 g/mol. The summed E-state index contributed by atoms with van der Waals surface area (Å²) in [6.07, 6.45) is 10.2. The van der Waals surface area contributed by atoms with Crippen LogP contribution in [0.5, 0.6) is 0 Å². The number of ether oxygens (including phenoxy) is 1. The smallest absolute Gasteiger partial charge is 0.0618 e. The molecule has 0 saturated heterocycles. The Labute approximate surface area is 80.7 Å². The molecule has 1 atom stereocenters. The van der Waals surface area contributed by atoms with Crippen molar-refractivity contribution in [3.63, 3.8) is 0 Å². The van der Waals surface area contributed by atoms with Crippen molar-refractivity contribution in [1.29, 1.82) is 0 Å². The van der Waals surface area contributed by atoms with E-state index in [1.165, 1.54) is 18.4 Å². The van der Waals surface area contributed by atoms with E-state index in [9.17, 15) is 0 Å². The molecule has 1 aliphatic carbocycles. The van der Waals surface area contributed by atoms with Crippen molar-refractivity contribution in [2.45, 2.75) is 25.3 Å². The van der Waals surface area contributed by atoms with Crippen LogP contribution >= 0.6 is 0 Å². The van der Waals surface area contributed by atoms with Crippen LogP contribution in [0.2, 0.25) is 0 Å². The molecule has 1 rings (SSSR count). The quantitative estimate of drug-likeness (QED) is 0.699. The molecule has 0 spiro atoms. The van der Waals surface area contributed by atoms with E-state index < -0.39 is 0 Å². The van der Waals surface area contributed by atoms with Gasteiger partial charge in [0.25, 0.3) is 0 Å². The molecule has 13 heavy (non-hydrogen) atoms. The van der Waals surface area contributed by atoms with E-state index in [1.54, 1.807) is 7.11 Å². The Morgan fingerprint density at radius 2 is 2.38 bits per heavy atom. The van der Waals surface area contributed by atoms with Gasteiger partial charge in [-0.1, -0.05) is 23.8 Å². The second-order valence-electron chi connectivity index (χ2n) is 3.40. The molecule has 0 saturated carbocycles. The lowest BCUT2D eigenvalue weighted by molar-refractivity contribution is 0.169. The Balaban J connectivity index is 2.36. The van der Waals surface area contributed by atoms with Crippen LogP contribution in [-0.2, 0) is 4.74 Å². The third-order valence-electron chi connectivity index (χ3n) is 2.33. The van der Waals surface area contributed by atoms with Gasteiger partial charge in [-0.2, -0.15) is 0 Å². The molecule has 0 fully saturated rings. The first-order chi connectivity index (χ1) is 6.36. The van der Waals surface area contributed by atoms with Crippen LogP contribution in [0.4, 0.5) is 0 Å². The molecule has 0 unspecified atom stereocenters. The van der Waals surface area contributed by atoms with E-state index in [0.29, 0.717) is 6.04 Å². The fourth-order valence-corrected chi connectivity index (χ4v) is 1.55. The van der Waals surface area contributed by atoms with E-state index >= 15 is 0 Å². The number of nitrogens with one attached hydrogen (secondary N) is 1. The minimum Gasteiger partial charge on any atom is -0.383 e. The van der Waals surface area contributed by atoms with Gasteiger partial charge in [0.2, 0.25) is 0 Å². The van der Waals surface area contributed by atoms with Crippen molar-refractivity contribution in [2.24, 2.45) is 0 Å². The molecule has 0 bridgehead atoms. The van der Waals surface area contributed by atoms with Gasteiger partial charge < -0.3 is 10.1 Å². The van der Waals surface area contributed by atoms with Gasteiger partial charge in [-0.3, -0.25) is 0 Å². The Hall–Kier alpha value is -0.600. The molecule has 0 radical (unpaired) electrons. The number of rotatable bonds is 5. The molecule has 2 heteroatoms. The maximum absolute atomic E-state index is 5.12. The lowest BCUT2D eigenvalue weighted by Gasteiger charge is -2.16. The minimum absolute atomic E-state index is 0.444. The highest BCUT2D eigenvalue weighted by Gasteiger charge is 2.07. The fraction of sp³-hybridized carbons (Fsp3) is 0.636. The summed E-state index contributed by atoms with van der Waals surface area (Å²) in [6, 6.07) is 0.444. The first-order valence-corrected chi connectivity index (χ1v) is 4.88. The zero-order valence-electron chi connectivity index (χ0n) is 8.55. The predicted octanol–water partition coefficient (Wildman–Crippen LogP) is 1.89. The van der Waals surface area contributed by atoms with Crippen LogP contribution in [0.1, 0.15) is 19.3 Å². The van der Waals surface area contributed by atoms with E-state index in [2.05, 4.69) is 23.5 Å². The summed E-state index contributed by atoms with van der Waals surface area (Å²) in [5.41, 5.74) is 1.43. The second-order valence-corrected chi connectivity index (χ2v) is 3.40. The zero-order valence-corrected chi connectivity index (χ0v) is 8.55. The maximum Gasteiger partial charge on any atom is 0.0618 e. The van der Waals surface area contributed by atoms with Crippen LogP contribution in [0.25, 0.3) is 0 Å². The van der Waals surface area contributed by atoms with Crippen LogP contribution in [0.15, 0.2) is 23.8 Å². The van der Waals surface area contributed by atoms with Crippen molar-refractivity contribution in [2.75, 3.05) is 20.8 Å². The van der Waals surface area contributed by atoms with Crippen molar-refractivity contribution >= 4 is 0 Å². The van der Waals surface area contributed by atoms with Crippen molar-refractivity contribution in [3.8, 4) is 0 Å². The first-order valence-electron chi connectivity index (χ1n) is 4.88. The second kappa shape index (κ2) is 5.95. The molecular formula is C11H19NO. The van der Waals surface area contributed by atoms with Crippen molar-refractivity contribution in [3.05, 3.63) is 23.8 Å². The zero-order chi connectivity index (χ0) is 9.52. The van der Waals surface area contributed by atoms with Crippen molar-refractivity contribution < 1.29 is 4.74 Å². The topological polar surface area (TPSA) is 21.3 Å². The fourth-order valence-electron chi connectivity index (χ4n) is 1.55. The normalized spacial score (nSPS) is 18.5. The summed E-state index contributed by atoms with van der Waals surface area (Å²) in [5, 5.41) is 3.25. The lowest BCUT2D eigenvalue weighted by Crippen LogP contribution is -2.30. The SMILES string of the molecule is CN[C@H](COC)CC1=CCCC=C1. The van der Waals surface area contributed by atoms with Gasteiger partial charge in [-0.05, 0) is 26.3 Å². The molecule has 74 valence electrons. The summed E-state index contributed by atoms with van der Waals surface area (Å²) in [7, 11) is 3.73. The average Bonchev–Trinajstić information content (AvgIpc) is 2.19. The van der Waals surface area contributed by atoms with Gasteiger partial charge >= 0.3 is 0 Å². The van der Waals surface area contributed by atoms with Gasteiger partial charge in [-0.15, -0.1) is 0 Å². The molecule has 0 aromatic rings. The van der Waals surface area contributed by atoms with E-state index in [-0.39, 0.29) is 0 Å². The summed E-state index contributed by atoms with van der Waals surface area (Å²) in [5.74, 6) is 0. The first kappa shape index (κ1) is 10.5. The molecule has 0 aliphatic heterocycles. The van der Waals surface area contributed by atoms with Gasteiger partial charge in [-0.25, -0.2) is 0 Å². The maximum atomic E-state index is 5.12. The van der Waals surface area contributed by atoms with Gasteiger partial charge in [0.1, 0.15) is 0 Å². The third-order valence-corrected chi connectivity index (χ3v) is 2.33. The summed E-state index contributed by atoms with van der Waals surface area (Å²) in [6.45, 7) is 0.779. The molecule has 0 heterocycles. The van der Waals surface area contributed by atoms with Gasteiger partial charge in [0.05, 0.1) is 6.61 Å². The molecule has 2 nitrogen and oxygen atoms in total. The summed E-state index contributed by atoms with van der Waals surface area (Å²) < 4.78 is 5.12. The average molecular weight is 181 g/mol. The van der Waals surface area contributed by atoms with Crippen LogP contribution in [0.3, 0.4) is 0 Å². The van der Waals surface area contributed by atoms with Crippen molar-refractivity contribution in [1.82, 2.24) is 5.32 Å². The Bertz CT molecular complexity index is 196. The summed E-state index contributed by atoms with van der Waals surface area (Å²) in [4.78, 5) is 0. The molecule has 0 amide bonds. The predicted molar refractivity (Wildman–Crippen MR) is 55.8 cm³/mol. The number of hydrogen-bond acceptors (Lipinski definition) is 2. The van der Waals surface area contributed by atoms with E-state index in [1.807, 2.05) is 7.05 Å². The van der Waals surface area contributed by atoms with Crippen LogP contribution < -0.4 is 5.32 Å². The number of likely N-dealkylation sites (N-methyl/N-ethyl adjacent to an activating group) is 1. The monoisotopic (exact) mass is 181 g/mol. The molecule has 1 N–H and O–H groups in total. The number of allylic oxidation sites excluding steroid dienone is 3. The highest BCUT2D eigenvalue weighted by Crippen LogP contribution is 2.14. The largest absolute Gasteiger partial charge is 0.383 e. The Kier molecular flexibility index (Phi) is 4.79. The third kappa shape index (κ3) is 3.75. The van der Waals surface area contributed by atoms with Gasteiger partial charge in [0, 0.05) is 13.2 Å². The molecule has 0 aromatic carbocycles.